The van der Waals surface area contributed by atoms with E-state index in [0.717, 1.165) is 28.9 Å². The fourth-order valence-corrected chi connectivity index (χ4v) is 7.47. The first-order valence-corrected chi connectivity index (χ1v) is 19.6. The highest BCUT2D eigenvalue weighted by Gasteiger charge is 2.49. The van der Waals surface area contributed by atoms with E-state index in [1.807, 2.05) is 0 Å². The third kappa shape index (κ3) is 12.1. The average Bonchev–Trinajstić information content (AvgIpc) is 3.75. The van der Waals surface area contributed by atoms with Gasteiger partial charge in [-0.2, -0.15) is 5.26 Å². The quantitative estimate of drug-likeness (QED) is 0.0450. The van der Waals surface area contributed by atoms with Crippen LogP contribution in [0.4, 0.5) is 0 Å². The first-order valence-electron chi connectivity index (χ1n) is 18.9. The van der Waals surface area contributed by atoms with Crippen LogP contribution in [0.25, 0.3) is 0 Å². The topological polar surface area (TPSA) is 396 Å². The maximum Gasteiger partial charge on any atom is 0.261 e. The molecule has 6 amide bonds. The van der Waals surface area contributed by atoms with Crippen molar-refractivity contribution in [1.29, 1.82) is 5.26 Å². The Labute approximate surface area is 352 Å². The number of phenolic OH excluding ortho intramolecular Hbond substituents is 1. The zero-order valence-corrected chi connectivity index (χ0v) is 33.6. The molecule has 0 radical (unpaired) electrons. The van der Waals surface area contributed by atoms with E-state index < -0.39 is 159 Å². The number of nitrogens with zero attached hydrogens (tertiary/aromatic N) is 3. The van der Waals surface area contributed by atoms with Gasteiger partial charge in [-0.15, -0.1) is 0 Å². The number of β-amino-alcohol motifs (C(OH)–C–C–N with tert-alkyl or cyclic N) is 1. The summed E-state index contributed by atoms with van der Waals surface area (Å²) >= 11 is 0.0790. The number of nitrogens with two attached hydrogens (primary N) is 1. The second kappa shape index (κ2) is 21.7. The molecule has 4 rings (SSSR count). The molecule has 3 fully saturated rings. The monoisotopic (exact) mass is 886 g/mol. The Bertz CT molecular complexity index is 1810. The Balaban J connectivity index is 1.80. The number of aliphatic hydroxyl groups is 6. The van der Waals surface area contributed by atoms with Crippen LogP contribution in [0.3, 0.4) is 0 Å². The zero-order chi connectivity index (χ0) is 45.3. The highest BCUT2D eigenvalue weighted by Crippen LogP contribution is 2.31. The number of hydrogen-bond acceptors (Lipinski definition) is 20. The second-order valence-corrected chi connectivity index (χ2v) is 15.5. The van der Waals surface area contributed by atoms with E-state index in [2.05, 4.69) is 30.6 Å². The average molecular weight is 887 g/mol. The molecule has 3 aliphatic heterocycles. The lowest BCUT2D eigenvalue weighted by Crippen LogP contribution is -2.64. The van der Waals surface area contributed by atoms with Crippen molar-refractivity contribution in [2.24, 2.45) is 11.7 Å². The number of benzene rings is 1. The Kier molecular flexibility index (Phi) is 17.4. The molecule has 0 aliphatic carbocycles. The molecular formula is C35H50N8O17S. The molecule has 1 aromatic rings. The van der Waals surface area contributed by atoms with E-state index in [1.54, 1.807) is 6.07 Å². The van der Waals surface area contributed by atoms with Crippen LogP contribution in [-0.2, 0) is 44.6 Å². The highest BCUT2D eigenvalue weighted by molar-refractivity contribution is 7.90. The number of phenols is 1. The van der Waals surface area contributed by atoms with Gasteiger partial charge in [0.1, 0.15) is 30.2 Å². The van der Waals surface area contributed by atoms with Gasteiger partial charge in [0.05, 0.1) is 55.2 Å². The van der Waals surface area contributed by atoms with Crippen molar-refractivity contribution in [1.82, 2.24) is 31.1 Å². The summed E-state index contributed by atoms with van der Waals surface area (Å²) in [5.41, 5.74) is 6.13. The molecule has 0 bridgehead atoms. The third-order valence-electron chi connectivity index (χ3n) is 10.4. The van der Waals surface area contributed by atoms with Gasteiger partial charge in [0.25, 0.3) is 12.3 Å². The van der Waals surface area contributed by atoms with Crippen LogP contribution in [0.15, 0.2) is 18.2 Å². The number of carbonyl (C=O) groups excluding carboxylic acids is 6. The minimum absolute atomic E-state index is 0.0790. The largest absolute Gasteiger partial charge is 0.504 e. The summed E-state index contributed by atoms with van der Waals surface area (Å²) in [7, 11) is 0. The first-order chi connectivity index (χ1) is 28.8. The molecular weight excluding hydrogens is 836 g/mol. The van der Waals surface area contributed by atoms with Crippen LogP contribution in [0, 0.1) is 17.2 Å². The molecule has 0 spiro atoms. The van der Waals surface area contributed by atoms with Gasteiger partial charge in [0.2, 0.25) is 35.4 Å². The first kappa shape index (κ1) is 48.7. The Morgan fingerprint density at radius 1 is 0.885 bits per heavy atom. The van der Waals surface area contributed by atoms with E-state index >= 15 is 0 Å². The van der Waals surface area contributed by atoms with Crippen molar-refractivity contribution in [3.63, 3.8) is 0 Å². The predicted molar refractivity (Wildman–Crippen MR) is 203 cm³/mol. The van der Waals surface area contributed by atoms with Gasteiger partial charge < -0.3 is 76.7 Å². The Hall–Kier alpha value is -4.92. The fraction of sp³-hybridized carbons (Fsp3) is 0.629. The number of fused-ring (bicyclic) bond motifs is 2. The van der Waals surface area contributed by atoms with E-state index in [1.165, 1.54) is 13.0 Å². The Morgan fingerprint density at radius 3 is 2.20 bits per heavy atom. The number of hydrogen-bond donors (Lipinski definition) is 13. The lowest BCUT2D eigenvalue weighted by atomic mass is 9.98. The van der Waals surface area contributed by atoms with E-state index in [-0.39, 0.29) is 30.2 Å². The van der Waals surface area contributed by atoms with Crippen molar-refractivity contribution in [3.8, 4) is 17.6 Å². The van der Waals surface area contributed by atoms with Crippen LogP contribution in [0.2, 0.25) is 0 Å². The summed E-state index contributed by atoms with van der Waals surface area (Å²) in [6.07, 6.45) is -12.2. The smallest absolute Gasteiger partial charge is 0.261 e. The van der Waals surface area contributed by atoms with Gasteiger partial charge in [-0.05, 0) is 31.0 Å². The van der Waals surface area contributed by atoms with Crippen LogP contribution < -0.4 is 31.2 Å². The predicted octanol–water partition coefficient (Wildman–Crippen LogP) is -5.85. The number of rotatable bonds is 10. The van der Waals surface area contributed by atoms with Gasteiger partial charge in [-0.3, -0.25) is 28.8 Å². The van der Waals surface area contributed by atoms with Gasteiger partial charge in [-0.25, -0.2) is 5.26 Å². The number of aliphatic hydroxyl groups excluding tert-OH is 6. The van der Waals surface area contributed by atoms with Gasteiger partial charge >= 0.3 is 0 Å². The molecule has 7 unspecified atom stereocenters. The third-order valence-corrected chi connectivity index (χ3v) is 10.8. The van der Waals surface area contributed by atoms with E-state index in [4.69, 9.17) is 15.2 Å². The molecule has 13 atom stereocenters. The molecule has 61 heavy (non-hydrogen) atoms. The van der Waals surface area contributed by atoms with Crippen molar-refractivity contribution in [2.75, 3.05) is 19.6 Å². The summed E-state index contributed by atoms with van der Waals surface area (Å²) in [4.78, 5) is 84.8. The lowest BCUT2D eigenvalue weighted by Gasteiger charge is -2.33. The number of aromatic hydroxyl groups is 1. The molecule has 26 heteroatoms. The fourth-order valence-electron chi connectivity index (χ4n) is 7.21. The van der Waals surface area contributed by atoms with Gasteiger partial charge in [0, 0.05) is 38.4 Å². The summed E-state index contributed by atoms with van der Waals surface area (Å²) in [5.74, 6) is -8.29. The molecule has 25 nitrogen and oxygen atoms in total. The minimum Gasteiger partial charge on any atom is -0.504 e. The minimum atomic E-state index is -2.09. The lowest BCUT2D eigenvalue weighted by molar-refractivity contribution is -0.433. The number of amides is 6. The second-order valence-electron chi connectivity index (χ2n) is 15.0. The van der Waals surface area contributed by atoms with Crippen LogP contribution >= 0.6 is 12.3 Å². The van der Waals surface area contributed by atoms with Gasteiger partial charge in [-0.1, -0.05) is 22.4 Å². The van der Waals surface area contributed by atoms with E-state index in [0.29, 0.717) is 0 Å². The maximum absolute atomic E-state index is 14.3. The van der Waals surface area contributed by atoms with Crippen LogP contribution in [0.5, 0.6) is 11.5 Å². The molecule has 1 aromatic carbocycles. The molecule has 338 valence electrons. The standard InChI is InChI=1S/C35H50N8O17S/c1-14-12-43-28(29(14)50)33(54)38-11-17(45)9-19(37)30(51)39-25(15(2)44)34(55)42-13-18(46)10-20(42)31(52)40-26(32(53)41-27(35(43)56)22(48)5-6-36)23(49)7-16-3-4-21(47)24(8-16)58-61-60-59-57/h3-4,8,14-15,17-20,22-23,25-29,44-50,57H,5,7,9-13,37H2,1-2H3,(H,38,54)(H,39,51)(H,40,52)(H,41,53)/t14?,15?,17-,18?,19-,20?,22+,23+,25?,26?,27-,28?,29-/m0/s1. The number of nitrogens with one attached hydrogen (secondary N) is 4. The summed E-state index contributed by atoms with van der Waals surface area (Å²) in [6, 6.07) is -5.51. The highest BCUT2D eigenvalue weighted by atomic mass is 32.2. The zero-order valence-electron chi connectivity index (χ0n) is 32.8. The summed E-state index contributed by atoms with van der Waals surface area (Å²) < 4.78 is 9.19. The van der Waals surface area contributed by atoms with Crippen molar-refractivity contribution in [3.05, 3.63) is 23.8 Å². The summed E-state index contributed by atoms with van der Waals surface area (Å²) in [5, 5.41) is 106. The SMILES string of the molecule is CC(O)C1NC(=O)[C@@H](N)C[C@H](O)CNC(=O)C2[C@@H](O)C(C)CN2C(=O)[C@H]([C@H](O)CC#N)NC(=O)C([C@H](O)Cc2ccc(O)c(OSOOO)c2)NC(=O)C2CC(O)CN2C1=O. The van der Waals surface area contributed by atoms with Crippen molar-refractivity contribution < 1.29 is 83.3 Å². The molecule has 3 saturated heterocycles. The van der Waals surface area contributed by atoms with Crippen LogP contribution in [-0.4, -0.2) is 179 Å². The molecule has 3 heterocycles. The number of carbonyl (C=O) groups is 6. The maximum atomic E-state index is 14.3. The van der Waals surface area contributed by atoms with E-state index in [9.17, 15) is 69.8 Å². The number of nitriles is 1. The van der Waals surface area contributed by atoms with Crippen molar-refractivity contribution in [2.45, 2.75) is 112 Å². The molecule has 0 aromatic heterocycles. The normalized spacial score (nSPS) is 31.3. The van der Waals surface area contributed by atoms with Crippen LogP contribution in [0.1, 0.15) is 38.7 Å². The van der Waals surface area contributed by atoms with Crippen molar-refractivity contribution >= 4 is 47.8 Å². The van der Waals surface area contributed by atoms with Gasteiger partial charge in [0.15, 0.2) is 11.5 Å². The summed E-state index contributed by atoms with van der Waals surface area (Å²) in [6.45, 7) is 1.27. The molecule has 0 saturated carbocycles. The molecule has 14 N–H and O–H groups in total. The Morgan fingerprint density at radius 2 is 1.54 bits per heavy atom. The molecule has 3 aliphatic rings.